The lowest BCUT2D eigenvalue weighted by molar-refractivity contribution is -0.146. The van der Waals surface area contributed by atoms with Gasteiger partial charge in [-0.15, -0.1) is 0 Å². The summed E-state index contributed by atoms with van der Waals surface area (Å²) < 4.78 is 4.66. The van der Waals surface area contributed by atoms with Crippen molar-refractivity contribution in [1.29, 1.82) is 0 Å². The number of carbonyl (C=O) groups excluding carboxylic acids is 1. The van der Waals surface area contributed by atoms with Crippen LogP contribution in [0.1, 0.15) is 27.7 Å². The molecular formula is C20H27NO2. The van der Waals surface area contributed by atoms with Gasteiger partial charge in [-0.25, -0.2) is 0 Å². The Morgan fingerprint density at radius 3 is 2.13 bits per heavy atom. The van der Waals surface area contributed by atoms with Gasteiger partial charge in [0.1, 0.15) is 0 Å². The van der Waals surface area contributed by atoms with Crippen molar-refractivity contribution in [3.05, 3.63) is 54.6 Å². The van der Waals surface area contributed by atoms with E-state index in [1.165, 1.54) is 16.8 Å². The quantitative estimate of drug-likeness (QED) is 0.790. The molecular weight excluding hydrogens is 286 g/mol. The average molecular weight is 313 g/mol. The van der Waals surface area contributed by atoms with E-state index in [1.54, 1.807) is 6.92 Å². The maximum atomic E-state index is 10.5. The number of esters is 1. The highest BCUT2D eigenvalue weighted by Gasteiger charge is 2.05. The average Bonchev–Trinajstić information content (AvgIpc) is 2.57. The van der Waals surface area contributed by atoms with Gasteiger partial charge >= 0.3 is 5.97 Å². The molecule has 0 aliphatic heterocycles. The third kappa shape index (κ3) is 6.55. The molecule has 0 heterocycles. The summed E-state index contributed by atoms with van der Waals surface area (Å²) in [4.78, 5) is 10.5. The first-order valence-corrected chi connectivity index (χ1v) is 8.15. The minimum Gasteiger partial charge on any atom is -0.466 e. The second-order valence-electron chi connectivity index (χ2n) is 5.35. The lowest BCUT2D eigenvalue weighted by Gasteiger charge is -2.10. The summed E-state index contributed by atoms with van der Waals surface area (Å²) in [6, 6.07) is 18.8. The molecule has 0 aliphatic rings. The molecule has 2 aromatic carbocycles. The minimum atomic E-state index is -0.118. The molecule has 0 bridgehead atoms. The molecule has 124 valence electrons. The standard InChI is InChI=1S/C14H15N.C6H12O2/c1-2-15-14-11-7-6-10-13(14)12-8-4-3-5-9-12;1-4-8-6(7)5(2)3/h3-11,15H,2H2,1H3;5H,4H2,1-3H3. The Bertz CT molecular complexity index is 579. The second kappa shape index (κ2) is 10.4. The molecule has 0 fully saturated rings. The first kappa shape index (κ1) is 18.8. The van der Waals surface area contributed by atoms with Crippen LogP contribution in [-0.4, -0.2) is 19.1 Å². The first-order valence-electron chi connectivity index (χ1n) is 8.15. The third-order valence-electron chi connectivity index (χ3n) is 3.14. The number of hydrogen-bond donors (Lipinski definition) is 1. The van der Waals surface area contributed by atoms with Gasteiger partial charge in [-0.05, 0) is 25.5 Å². The molecule has 0 spiro atoms. The van der Waals surface area contributed by atoms with E-state index in [0.29, 0.717) is 6.61 Å². The smallest absolute Gasteiger partial charge is 0.308 e. The number of hydrogen-bond acceptors (Lipinski definition) is 3. The van der Waals surface area contributed by atoms with Crippen LogP contribution < -0.4 is 5.32 Å². The van der Waals surface area contributed by atoms with E-state index in [2.05, 4.69) is 65.5 Å². The summed E-state index contributed by atoms with van der Waals surface area (Å²) in [7, 11) is 0. The normalized spacial score (nSPS) is 9.78. The van der Waals surface area contributed by atoms with Gasteiger partial charge in [0.05, 0.1) is 12.5 Å². The molecule has 0 saturated carbocycles. The molecule has 1 N–H and O–H groups in total. The van der Waals surface area contributed by atoms with E-state index in [0.717, 1.165) is 6.54 Å². The molecule has 2 rings (SSSR count). The molecule has 0 aromatic heterocycles. The summed E-state index contributed by atoms with van der Waals surface area (Å²) in [5, 5.41) is 3.37. The maximum absolute atomic E-state index is 10.5. The zero-order valence-corrected chi connectivity index (χ0v) is 14.5. The number of anilines is 1. The van der Waals surface area contributed by atoms with Crippen molar-refractivity contribution in [2.24, 2.45) is 5.92 Å². The van der Waals surface area contributed by atoms with Crippen molar-refractivity contribution in [2.45, 2.75) is 27.7 Å². The van der Waals surface area contributed by atoms with Crippen molar-refractivity contribution >= 4 is 11.7 Å². The van der Waals surface area contributed by atoms with Gasteiger partial charge < -0.3 is 10.1 Å². The van der Waals surface area contributed by atoms with Crippen LogP contribution in [0.25, 0.3) is 11.1 Å². The van der Waals surface area contributed by atoms with Gasteiger partial charge in [-0.3, -0.25) is 4.79 Å². The molecule has 0 aliphatic carbocycles. The zero-order valence-electron chi connectivity index (χ0n) is 14.5. The summed E-state index contributed by atoms with van der Waals surface area (Å²) in [6.45, 7) is 8.99. The van der Waals surface area contributed by atoms with Gasteiger partial charge in [0.2, 0.25) is 0 Å². The topological polar surface area (TPSA) is 38.3 Å². The Balaban J connectivity index is 0.000000284. The van der Waals surface area contributed by atoms with Crippen LogP contribution in [0.5, 0.6) is 0 Å². The van der Waals surface area contributed by atoms with Crippen molar-refractivity contribution in [2.75, 3.05) is 18.5 Å². The monoisotopic (exact) mass is 313 g/mol. The van der Waals surface area contributed by atoms with Crippen LogP contribution in [0.15, 0.2) is 54.6 Å². The Morgan fingerprint density at radius 1 is 1.00 bits per heavy atom. The fourth-order valence-corrected chi connectivity index (χ4v) is 2.01. The number of rotatable bonds is 5. The van der Waals surface area contributed by atoms with Crippen LogP contribution in [0.4, 0.5) is 5.69 Å². The van der Waals surface area contributed by atoms with Crippen LogP contribution in [0.3, 0.4) is 0 Å². The molecule has 0 unspecified atom stereocenters. The second-order valence-corrected chi connectivity index (χ2v) is 5.35. The van der Waals surface area contributed by atoms with E-state index >= 15 is 0 Å². The zero-order chi connectivity index (χ0) is 17.1. The van der Waals surface area contributed by atoms with Crippen molar-refractivity contribution in [1.82, 2.24) is 0 Å². The molecule has 2 aromatic rings. The Hall–Kier alpha value is -2.29. The summed E-state index contributed by atoms with van der Waals surface area (Å²) in [5.74, 6) is -0.109. The largest absolute Gasteiger partial charge is 0.466 e. The lowest BCUT2D eigenvalue weighted by atomic mass is 10.0. The first-order chi connectivity index (χ1) is 11.1. The predicted octanol–water partition coefficient (Wildman–Crippen LogP) is 4.99. The van der Waals surface area contributed by atoms with Crippen LogP contribution in [0, 0.1) is 5.92 Å². The lowest BCUT2D eigenvalue weighted by Crippen LogP contribution is -2.10. The van der Waals surface area contributed by atoms with Crippen LogP contribution in [-0.2, 0) is 9.53 Å². The van der Waals surface area contributed by atoms with E-state index in [-0.39, 0.29) is 11.9 Å². The Morgan fingerprint density at radius 2 is 1.61 bits per heavy atom. The molecule has 23 heavy (non-hydrogen) atoms. The van der Waals surface area contributed by atoms with Gasteiger partial charge in [-0.2, -0.15) is 0 Å². The highest BCUT2D eigenvalue weighted by atomic mass is 16.5. The van der Waals surface area contributed by atoms with E-state index < -0.39 is 0 Å². The number of benzene rings is 2. The van der Waals surface area contributed by atoms with Gasteiger partial charge in [-0.1, -0.05) is 62.4 Å². The number of nitrogens with one attached hydrogen (secondary N) is 1. The van der Waals surface area contributed by atoms with Gasteiger partial charge in [0.25, 0.3) is 0 Å². The van der Waals surface area contributed by atoms with Gasteiger partial charge in [0.15, 0.2) is 0 Å². The predicted molar refractivity (Wildman–Crippen MR) is 97.5 cm³/mol. The van der Waals surface area contributed by atoms with E-state index in [4.69, 9.17) is 0 Å². The summed E-state index contributed by atoms with van der Waals surface area (Å²) >= 11 is 0. The van der Waals surface area contributed by atoms with Crippen molar-refractivity contribution in [3.63, 3.8) is 0 Å². The Labute approximate surface area is 139 Å². The maximum Gasteiger partial charge on any atom is 0.308 e. The summed E-state index contributed by atoms with van der Waals surface area (Å²) in [5.41, 5.74) is 3.72. The van der Waals surface area contributed by atoms with Crippen LogP contribution >= 0.6 is 0 Å². The molecule has 3 heteroatoms. The molecule has 0 radical (unpaired) electrons. The fraction of sp³-hybridized carbons (Fsp3) is 0.350. The summed E-state index contributed by atoms with van der Waals surface area (Å²) in [6.07, 6.45) is 0. The molecule has 0 atom stereocenters. The number of ether oxygens (including phenoxy) is 1. The Kier molecular flexibility index (Phi) is 8.51. The number of carbonyl (C=O) groups is 1. The highest BCUT2D eigenvalue weighted by molar-refractivity contribution is 5.77. The van der Waals surface area contributed by atoms with E-state index in [9.17, 15) is 4.79 Å². The molecule has 0 amide bonds. The minimum absolute atomic E-state index is 0.00921. The SMILES string of the molecule is CCNc1ccccc1-c1ccccc1.CCOC(=O)C(C)C. The number of para-hydroxylation sites is 1. The third-order valence-corrected chi connectivity index (χ3v) is 3.14. The van der Waals surface area contributed by atoms with Gasteiger partial charge in [0, 0.05) is 17.8 Å². The molecule has 0 saturated heterocycles. The van der Waals surface area contributed by atoms with Crippen molar-refractivity contribution < 1.29 is 9.53 Å². The fourth-order valence-electron chi connectivity index (χ4n) is 2.01. The highest BCUT2D eigenvalue weighted by Crippen LogP contribution is 2.27. The van der Waals surface area contributed by atoms with Crippen LogP contribution in [0.2, 0.25) is 0 Å². The van der Waals surface area contributed by atoms with Crippen molar-refractivity contribution in [3.8, 4) is 11.1 Å². The molecule has 3 nitrogen and oxygen atoms in total. The van der Waals surface area contributed by atoms with E-state index in [1.807, 2.05) is 19.9 Å².